The number of carbonyl (C=O) groups is 2. The summed E-state index contributed by atoms with van der Waals surface area (Å²) in [6.45, 7) is 0. The SMILES string of the molecule is Cn1c(-c2ccc(F)cc2)nc2sc(C=C3C(=O)c4cc5ccccc5cc4C3=O)cc21. The zero-order chi connectivity index (χ0) is 22.0. The Morgan fingerprint density at radius 3 is 2.12 bits per heavy atom. The molecule has 2 aromatic heterocycles. The topological polar surface area (TPSA) is 52.0 Å². The van der Waals surface area contributed by atoms with Crippen molar-refractivity contribution in [1.29, 1.82) is 0 Å². The third-order valence-electron chi connectivity index (χ3n) is 5.85. The van der Waals surface area contributed by atoms with E-state index in [4.69, 9.17) is 0 Å². The number of aromatic nitrogens is 2. The Labute approximate surface area is 186 Å². The Balaban J connectivity index is 1.40. The van der Waals surface area contributed by atoms with Gasteiger partial charge in [0.1, 0.15) is 16.5 Å². The summed E-state index contributed by atoms with van der Waals surface area (Å²) in [7, 11) is 1.89. The predicted molar refractivity (Wildman–Crippen MR) is 125 cm³/mol. The highest BCUT2D eigenvalue weighted by molar-refractivity contribution is 7.19. The van der Waals surface area contributed by atoms with Crippen molar-refractivity contribution in [1.82, 2.24) is 9.55 Å². The molecule has 5 aromatic rings. The molecule has 0 amide bonds. The number of ketones is 2. The summed E-state index contributed by atoms with van der Waals surface area (Å²) in [5.41, 5.74) is 2.80. The van der Waals surface area contributed by atoms with Crippen LogP contribution in [-0.2, 0) is 7.05 Å². The quantitative estimate of drug-likeness (QED) is 0.249. The minimum Gasteiger partial charge on any atom is -0.326 e. The van der Waals surface area contributed by atoms with Crippen LogP contribution in [0.25, 0.3) is 38.6 Å². The molecule has 0 bridgehead atoms. The number of Topliss-reactive ketones (excluding diaryl/α,β-unsaturated/α-hetero) is 2. The standard InChI is InChI=1S/C26H15FN2O2S/c1-29-22-13-18(32-26(22)28-25(29)14-6-8-17(27)9-7-14)12-21-23(30)19-10-15-4-2-3-5-16(15)11-20(19)24(21)31/h2-13H,1H3. The van der Waals surface area contributed by atoms with E-state index in [1.165, 1.54) is 23.5 Å². The van der Waals surface area contributed by atoms with Crippen molar-refractivity contribution < 1.29 is 14.0 Å². The number of fused-ring (bicyclic) bond motifs is 3. The lowest BCUT2D eigenvalue weighted by molar-refractivity contribution is 0.0990. The Morgan fingerprint density at radius 2 is 1.53 bits per heavy atom. The number of rotatable bonds is 2. The number of benzene rings is 3. The Morgan fingerprint density at radius 1 is 0.906 bits per heavy atom. The average molecular weight is 438 g/mol. The monoisotopic (exact) mass is 438 g/mol. The molecule has 1 aliphatic carbocycles. The molecular weight excluding hydrogens is 423 g/mol. The van der Waals surface area contributed by atoms with Crippen LogP contribution in [0.5, 0.6) is 0 Å². The Hall–Kier alpha value is -3.90. The van der Waals surface area contributed by atoms with E-state index in [-0.39, 0.29) is 23.0 Å². The fraction of sp³-hybridized carbons (Fsp3) is 0.0385. The van der Waals surface area contributed by atoms with Crippen LogP contribution in [0.15, 0.2) is 72.3 Å². The van der Waals surface area contributed by atoms with Crippen molar-refractivity contribution in [2.45, 2.75) is 0 Å². The van der Waals surface area contributed by atoms with Crippen molar-refractivity contribution in [3.05, 3.63) is 94.1 Å². The zero-order valence-corrected chi connectivity index (χ0v) is 17.7. The van der Waals surface area contributed by atoms with Crippen LogP contribution in [0.4, 0.5) is 4.39 Å². The molecule has 0 radical (unpaired) electrons. The maximum absolute atomic E-state index is 13.3. The van der Waals surface area contributed by atoms with Gasteiger partial charge in [0.2, 0.25) is 0 Å². The highest BCUT2D eigenvalue weighted by atomic mass is 32.1. The van der Waals surface area contributed by atoms with Crippen LogP contribution in [0, 0.1) is 5.82 Å². The molecule has 0 spiro atoms. The largest absolute Gasteiger partial charge is 0.326 e. The smallest absolute Gasteiger partial charge is 0.197 e. The van der Waals surface area contributed by atoms with Gasteiger partial charge in [-0.05, 0) is 59.3 Å². The fourth-order valence-electron chi connectivity index (χ4n) is 4.21. The first-order chi connectivity index (χ1) is 15.5. The van der Waals surface area contributed by atoms with Crippen LogP contribution in [0.2, 0.25) is 0 Å². The van der Waals surface area contributed by atoms with Crippen molar-refractivity contribution in [2.75, 3.05) is 0 Å². The third-order valence-corrected chi connectivity index (χ3v) is 6.82. The van der Waals surface area contributed by atoms with Gasteiger partial charge in [0, 0.05) is 28.6 Å². The number of imidazole rings is 1. The van der Waals surface area contributed by atoms with Crippen LogP contribution >= 0.6 is 11.3 Å². The molecule has 3 aromatic carbocycles. The van der Waals surface area contributed by atoms with E-state index < -0.39 is 0 Å². The number of hydrogen-bond donors (Lipinski definition) is 0. The number of halogens is 1. The Bertz CT molecular complexity index is 1570. The van der Waals surface area contributed by atoms with Gasteiger partial charge in [-0.1, -0.05) is 24.3 Å². The number of allylic oxidation sites excluding steroid dienone is 1. The molecule has 0 fully saturated rings. The fourth-order valence-corrected chi connectivity index (χ4v) is 5.21. The number of carbonyl (C=O) groups excluding carboxylic acids is 2. The molecule has 6 heteroatoms. The predicted octanol–water partition coefficient (Wildman–Crippen LogP) is 6.06. The van der Waals surface area contributed by atoms with Gasteiger partial charge in [-0.3, -0.25) is 9.59 Å². The maximum Gasteiger partial charge on any atom is 0.197 e. The summed E-state index contributed by atoms with van der Waals surface area (Å²) < 4.78 is 15.2. The number of hydrogen-bond acceptors (Lipinski definition) is 4. The van der Waals surface area contributed by atoms with Gasteiger partial charge in [-0.15, -0.1) is 11.3 Å². The normalized spacial score (nSPS) is 13.4. The van der Waals surface area contributed by atoms with Crippen molar-refractivity contribution in [3.8, 4) is 11.4 Å². The lowest BCUT2D eigenvalue weighted by Crippen LogP contribution is -1.99. The molecule has 154 valence electrons. The van der Waals surface area contributed by atoms with E-state index in [1.807, 2.05) is 41.9 Å². The summed E-state index contributed by atoms with van der Waals surface area (Å²) in [6.07, 6.45) is 1.67. The summed E-state index contributed by atoms with van der Waals surface area (Å²) in [6, 6.07) is 19.4. The van der Waals surface area contributed by atoms with Gasteiger partial charge < -0.3 is 4.57 Å². The summed E-state index contributed by atoms with van der Waals surface area (Å²) in [5, 5.41) is 1.88. The molecular formula is C26H15FN2O2S. The van der Waals surface area contributed by atoms with E-state index in [1.54, 1.807) is 30.3 Å². The summed E-state index contributed by atoms with van der Waals surface area (Å²) >= 11 is 1.42. The molecule has 1 aliphatic rings. The molecule has 4 nitrogen and oxygen atoms in total. The molecule has 2 heterocycles. The minimum atomic E-state index is -0.293. The number of nitrogens with zero attached hydrogens (tertiary/aromatic N) is 2. The van der Waals surface area contributed by atoms with Crippen molar-refractivity contribution in [3.63, 3.8) is 0 Å². The molecule has 32 heavy (non-hydrogen) atoms. The van der Waals surface area contributed by atoms with Gasteiger partial charge in [-0.2, -0.15) is 0 Å². The molecule has 0 N–H and O–H groups in total. The molecule has 0 aliphatic heterocycles. The van der Waals surface area contributed by atoms with E-state index in [2.05, 4.69) is 4.98 Å². The Kier molecular flexibility index (Phi) is 4.00. The molecule has 0 atom stereocenters. The van der Waals surface area contributed by atoms with Gasteiger partial charge >= 0.3 is 0 Å². The molecule has 0 unspecified atom stereocenters. The lowest BCUT2D eigenvalue weighted by atomic mass is 10.0. The first-order valence-corrected chi connectivity index (χ1v) is 10.9. The van der Waals surface area contributed by atoms with Crippen molar-refractivity contribution in [2.24, 2.45) is 7.05 Å². The highest BCUT2D eigenvalue weighted by Gasteiger charge is 2.33. The summed E-state index contributed by atoms with van der Waals surface area (Å²) in [5.74, 6) is -0.0441. The maximum atomic E-state index is 13.3. The van der Waals surface area contributed by atoms with E-state index in [0.29, 0.717) is 11.1 Å². The van der Waals surface area contributed by atoms with E-state index in [9.17, 15) is 14.0 Å². The van der Waals surface area contributed by atoms with Gasteiger partial charge in [0.15, 0.2) is 11.6 Å². The van der Waals surface area contributed by atoms with Crippen LogP contribution in [0.1, 0.15) is 25.6 Å². The van der Waals surface area contributed by atoms with Gasteiger partial charge in [-0.25, -0.2) is 9.37 Å². The lowest BCUT2D eigenvalue weighted by Gasteiger charge is -2.02. The number of thiophene rings is 1. The van der Waals surface area contributed by atoms with Crippen molar-refractivity contribution >= 4 is 50.1 Å². The van der Waals surface area contributed by atoms with Gasteiger partial charge in [0.25, 0.3) is 0 Å². The molecule has 0 saturated heterocycles. The van der Waals surface area contributed by atoms with Gasteiger partial charge in [0.05, 0.1) is 11.1 Å². The second-order valence-electron chi connectivity index (χ2n) is 7.80. The third kappa shape index (κ3) is 2.77. The van der Waals surface area contributed by atoms with Crippen LogP contribution in [0.3, 0.4) is 0 Å². The first kappa shape index (κ1) is 18.8. The first-order valence-electron chi connectivity index (χ1n) is 10.1. The average Bonchev–Trinajstić information content (AvgIpc) is 3.41. The second-order valence-corrected chi connectivity index (χ2v) is 8.86. The van der Waals surface area contributed by atoms with Crippen LogP contribution in [-0.4, -0.2) is 21.1 Å². The highest BCUT2D eigenvalue weighted by Crippen LogP contribution is 2.35. The second kappa shape index (κ2) is 6.80. The summed E-state index contributed by atoms with van der Waals surface area (Å²) in [4.78, 5) is 32.3. The van der Waals surface area contributed by atoms with E-state index >= 15 is 0 Å². The minimum absolute atomic E-state index is 0.181. The number of aryl methyl sites for hydroxylation is 1. The van der Waals surface area contributed by atoms with E-state index in [0.717, 1.165) is 37.4 Å². The zero-order valence-electron chi connectivity index (χ0n) is 16.9. The molecule has 0 saturated carbocycles. The molecule has 6 rings (SSSR count). The van der Waals surface area contributed by atoms with Crippen LogP contribution < -0.4 is 0 Å².